The van der Waals surface area contributed by atoms with Gasteiger partial charge in [0.1, 0.15) is 11.5 Å². The van der Waals surface area contributed by atoms with Gasteiger partial charge in [0.2, 0.25) is 0 Å². The molecule has 2 aliphatic rings. The van der Waals surface area contributed by atoms with Crippen LogP contribution < -0.4 is 14.8 Å². The minimum absolute atomic E-state index is 0.0468. The molecule has 1 aliphatic carbocycles. The molecule has 2 N–H and O–H groups in total. The largest absolute Gasteiger partial charge is 0.496 e. The summed E-state index contributed by atoms with van der Waals surface area (Å²) < 4.78 is 13.3. The van der Waals surface area contributed by atoms with E-state index in [0.29, 0.717) is 23.6 Å². The number of likely N-dealkylation sites (tertiary alicyclic amines) is 1. The lowest BCUT2D eigenvalue weighted by molar-refractivity contribution is 0.0916. The number of aliphatic hydroxyl groups excluding tert-OH is 1. The SMILES string of the molecule is COc1cccc(OC)c1-c1cc(C(=O)NC(CCO)CCN2CCCCC2)nn1C1CCCC1. The van der Waals surface area contributed by atoms with Crippen LogP contribution in [0.3, 0.4) is 0 Å². The van der Waals surface area contributed by atoms with Gasteiger partial charge < -0.3 is 24.8 Å². The number of nitrogens with zero attached hydrogens (tertiary/aromatic N) is 3. The highest BCUT2D eigenvalue weighted by atomic mass is 16.5. The number of methoxy groups -OCH3 is 2. The Morgan fingerprint density at radius 2 is 1.77 bits per heavy atom. The lowest BCUT2D eigenvalue weighted by atomic mass is 10.1. The van der Waals surface area contributed by atoms with Crippen LogP contribution in [0.1, 0.15) is 74.3 Å². The first kappa shape index (κ1) is 25.5. The van der Waals surface area contributed by atoms with E-state index >= 15 is 0 Å². The average Bonchev–Trinajstić information content (AvgIpc) is 3.57. The van der Waals surface area contributed by atoms with Crippen molar-refractivity contribution in [2.75, 3.05) is 40.5 Å². The Bertz CT molecular complexity index is 942. The van der Waals surface area contributed by atoms with E-state index in [1.807, 2.05) is 28.9 Å². The molecule has 1 saturated heterocycles. The van der Waals surface area contributed by atoms with Gasteiger partial charge in [0.05, 0.1) is 31.5 Å². The van der Waals surface area contributed by atoms with Crippen molar-refractivity contribution >= 4 is 5.91 Å². The topological polar surface area (TPSA) is 88.8 Å². The maximum absolute atomic E-state index is 13.4. The van der Waals surface area contributed by atoms with Crippen LogP contribution >= 0.6 is 0 Å². The predicted octanol–water partition coefficient (Wildman–Crippen LogP) is 4.04. The highest BCUT2D eigenvalue weighted by molar-refractivity contribution is 5.94. The zero-order valence-electron chi connectivity index (χ0n) is 21.2. The number of carbonyl (C=O) groups is 1. The van der Waals surface area contributed by atoms with Crippen LogP contribution in [0.25, 0.3) is 11.3 Å². The van der Waals surface area contributed by atoms with Gasteiger partial charge in [0.25, 0.3) is 5.91 Å². The van der Waals surface area contributed by atoms with Gasteiger partial charge in [0, 0.05) is 19.2 Å². The van der Waals surface area contributed by atoms with Crippen molar-refractivity contribution in [2.24, 2.45) is 0 Å². The van der Waals surface area contributed by atoms with E-state index in [4.69, 9.17) is 14.6 Å². The molecule has 192 valence electrons. The highest BCUT2D eigenvalue weighted by Gasteiger charge is 2.28. The Morgan fingerprint density at radius 3 is 2.40 bits per heavy atom. The number of amides is 1. The van der Waals surface area contributed by atoms with Gasteiger partial charge in [-0.25, -0.2) is 0 Å². The van der Waals surface area contributed by atoms with Gasteiger partial charge in [-0.3, -0.25) is 9.48 Å². The van der Waals surface area contributed by atoms with Gasteiger partial charge in [-0.15, -0.1) is 0 Å². The molecule has 1 aromatic heterocycles. The first-order chi connectivity index (χ1) is 17.1. The molecule has 0 spiro atoms. The molecule has 1 atom stereocenters. The summed E-state index contributed by atoms with van der Waals surface area (Å²) in [6, 6.07) is 7.72. The molecule has 8 nitrogen and oxygen atoms in total. The molecule has 1 unspecified atom stereocenters. The quantitative estimate of drug-likeness (QED) is 0.500. The summed E-state index contributed by atoms with van der Waals surface area (Å²) in [6.07, 6.45) is 9.53. The van der Waals surface area contributed by atoms with Gasteiger partial charge in [-0.1, -0.05) is 25.3 Å². The molecule has 0 bridgehead atoms. The van der Waals surface area contributed by atoms with E-state index in [0.717, 1.165) is 63.0 Å². The smallest absolute Gasteiger partial charge is 0.272 e. The summed E-state index contributed by atoms with van der Waals surface area (Å²) in [4.78, 5) is 15.8. The fraction of sp³-hybridized carbons (Fsp3) is 0.630. The molecule has 2 heterocycles. The monoisotopic (exact) mass is 484 g/mol. The summed E-state index contributed by atoms with van der Waals surface area (Å²) >= 11 is 0. The Labute approximate surface area is 208 Å². The van der Waals surface area contributed by atoms with Crippen molar-refractivity contribution in [3.63, 3.8) is 0 Å². The van der Waals surface area contributed by atoms with Crippen LogP contribution in [0.2, 0.25) is 0 Å². The number of aromatic nitrogens is 2. The molecule has 1 aliphatic heterocycles. The number of aliphatic hydroxyl groups is 1. The Balaban J connectivity index is 1.58. The van der Waals surface area contributed by atoms with Crippen molar-refractivity contribution in [1.29, 1.82) is 0 Å². The van der Waals surface area contributed by atoms with Crippen molar-refractivity contribution in [3.8, 4) is 22.8 Å². The van der Waals surface area contributed by atoms with Gasteiger partial charge in [0.15, 0.2) is 5.69 Å². The third-order valence-corrected chi connectivity index (χ3v) is 7.38. The lowest BCUT2D eigenvalue weighted by Gasteiger charge is -2.28. The minimum Gasteiger partial charge on any atom is -0.496 e. The molecular formula is C27H40N4O4. The second-order valence-electron chi connectivity index (χ2n) is 9.71. The van der Waals surface area contributed by atoms with E-state index in [-0.39, 0.29) is 24.6 Å². The zero-order valence-corrected chi connectivity index (χ0v) is 21.2. The van der Waals surface area contributed by atoms with Crippen molar-refractivity contribution in [1.82, 2.24) is 20.0 Å². The lowest BCUT2D eigenvalue weighted by Crippen LogP contribution is -2.40. The second-order valence-corrected chi connectivity index (χ2v) is 9.71. The first-order valence-electron chi connectivity index (χ1n) is 13.1. The van der Waals surface area contributed by atoms with Crippen LogP contribution in [0, 0.1) is 0 Å². The second kappa shape index (κ2) is 12.4. The fourth-order valence-corrected chi connectivity index (χ4v) is 5.45. The van der Waals surface area contributed by atoms with Gasteiger partial charge in [-0.2, -0.15) is 5.10 Å². The number of piperidine rings is 1. The first-order valence-corrected chi connectivity index (χ1v) is 13.1. The molecule has 2 fully saturated rings. The summed E-state index contributed by atoms with van der Waals surface area (Å²) in [7, 11) is 3.29. The molecule has 1 amide bonds. The Hall–Kier alpha value is -2.58. The average molecular weight is 485 g/mol. The number of hydrogen-bond donors (Lipinski definition) is 2. The number of rotatable bonds is 11. The molecule has 2 aromatic rings. The highest BCUT2D eigenvalue weighted by Crippen LogP contribution is 2.41. The number of nitrogens with one attached hydrogen (secondary N) is 1. The minimum atomic E-state index is -0.200. The van der Waals surface area contributed by atoms with E-state index in [2.05, 4.69) is 10.2 Å². The van der Waals surface area contributed by atoms with E-state index in [9.17, 15) is 9.90 Å². The van der Waals surface area contributed by atoms with Crippen LogP contribution in [-0.4, -0.2) is 72.2 Å². The van der Waals surface area contributed by atoms with E-state index < -0.39 is 0 Å². The standard InChI is InChI=1S/C27H40N4O4/c1-34-24-11-8-12-25(35-2)26(24)23-19-22(29-31(23)21-9-4-5-10-21)27(33)28-20(14-18-32)13-17-30-15-6-3-7-16-30/h8,11-12,19-21,32H,3-7,9-10,13-18H2,1-2H3,(H,28,33). The summed E-state index contributed by atoms with van der Waals surface area (Å²) in [6.45, 7) is 3.22. The number of carbonyl (C=O) groups excluding carboxylic acids is 1. The Morgan fingerprint density at radius 1 is 1.09 bits per heavy atom. The summed E-state index contributed by atoms with van der Waals surface area (Å²) in [5, 5.41) is 17.6. The van der Waals surface area contributed by atoms with Crippen LogP contribution in [0.5, 0.6) is 11.5 Å². The molecule has 0 radical (unpaired) electrons. The molecule has 1 saturated carbocycles. The van der Waals surface area contributed by atoms with Crippen LogP contribution in [0.15, 0.2) is 24.3 Å². The number of ether oxygens (including phenoxy) is 2. The van der Waals surface area contributed by atoms with Crippen molar-refractivity contribution in [3.05, 3.63) is 30.0 Å². The molecule has 4 rings (SSSR count). The third-order valence-electron chi connectivity index (χ3n) is 7.38. The molecule has 8 heteroatoms. The third kappa shape index (κ3) is 6.16. The maximum Gasteiger partial charge on any atom is 0.272 e. The summed E-state index contributed by atoms with van der Waals surface area (Å²) in [5.74, 6) is 1.18. The molecule has 35 heavy (non-hydrogen) atoms. The normalized spacial score (nSPS) is 17.9. The number of benzene rings is 1. The Kier molecular flexibility index (Phi) is 9.04. The van der Waals surface area contributed by atoms with Crippen LogP contribution in [0.4, 0.5) is 0 Å². The fourth-order valence-electron chi connectivity index (χ4n) is 5.45. The molecular weight excluding hydrogens is 444 g/mol. The number of hydrogen-bond acceptors (Lipinski definition) is 6. The van der Waals surface area contributed by atoms with Crippen molar-refractivity contribution < 1.29 is 19.4 Å². The van der Waals surface area contributed by atoms with Gasteiger partial charge >= 0.3 is 0 Å². The predicted molar refractivity (Wildman–Crippen MR) is 136 cm³/mol. The van der Waals surface area contributed by atoms with Gasteiger partial charge in [-0.05, 0) is 69.8 Å². The zero-order chi connectivity index (χ0) is 24.6. The van der Waals surface area contributed by atoms with E-state index in [1.165, 1.54) is 19.3 Å². The van der Waals surface area contributed by atoms with Crippen LogP contribution in [-0.2, 0) is 0 Å². The van der Waals surface area contributed by atoms with Crippen molar-refractivity contribution in [2.45, 2.75) is 69.9 Å². The summed E-state index contributed by atoms with van der Waals surface area (Å²) in [5.41, 5.74) is 2.04. The maximum atomic E-state index is 13.4. The van der Waals surface area contributed by atoms with E-state index in [1.54, 1.807) is 14.2 Å². The molecule has 1 aromatic carbocycles.